The largest absolute Gasteiger partial charge is 0.398 e. The molecule has 19 heavy (non-hydrogen) atoms. The summed E-state index contributed by atoms with van der Waals surface area (Å²) in [6.07, 6.45) is 0. The molecule has 2 rings (SSSR count). The molecule has 0 saturated carbocycles. The SMILES string of the molecule is [B]c1c(Cl)cc2c([B])c(N)c(C(C)(C)O)nc2c1[B]. The Balaban J connectivity index is 2.98. The van der Waals surface area contributed by atoms with Gasteiger partial charge in [-0.1, -0.05) is 28.0 Å². The number of nitrogens with two attached hydrogens (primary N) is 1. The van der Waals surface area contributed by atoms with Crippen molar-refractivity contribution in [2.45, 2.75) is 19.4 Å². The first-order chi connectivity index (χ1) is 8.64. The van der Waals surface area contributed by atoms with Crippen LogP contribution in [0.3, 0.4) is 0 Å². The molecule has 0 amide bonds. The molecule has 1 aromatic heterocycles. The Hall–Kier alpha value is -1.13. The molecule has 90 valence electrons. The fraction of sp³-hybridized carbons (Fsp3) is 0.250. The lowest BCUT2D eigenvalue weighted by Gasteiger charge is -2.22. The van der Waals surface area contributed by atoms with Crippen LogP contribution in [0.2, 0.25) is 5.02 Å². The average molecular weight is 266 g/mol. The van der Waals surface area contributed by atoms with Gasteiger partial charge in [0.15, 0.2) is 0 Å². The summed E-state index contributed by atoms with van der Waals surface area (Å²) in [5, 5.41) is 10.9. The molecule has 0 aliphatic heterocycles. The quantitative estimate of drug-likeness (QED) is 0.656. The maximum Gasteiger partial charge on any atom is 0.117 e. The van der Waals surface area contributed by atoms with Gasteiger partial charge in [0, 0.05) is 10.7 Å². The molecular weight excluding hydrogens is 256 g/mol. The maximum absolute atomic E-state index is 10.1. The van der Waals surface area contributed by atoms with E-state index in [1.165, 1.54) is 0 Å². The van der Waals surface area contributed by atoms with Crippen molar-refractivity contribution in [1.82, 2.24) is 4.98 Å². The van der Waals surface area contributed by atoms with Gasteiger partial charge in [-0.3, -0.25) is 0 Å². The Labute approximate surface area is 120 Å². The van der Waals surface area contributed by atoms with Gasteiger partial charge >= 0.3 is 0 Å². The van der Waals surface area contributed by atoms with Crippen molar-refractivity contribution in [2.75, 3.05) is 5.73 Å². The average Bonchev–Trinajstić information content (AvgIpc) is 2.30. The van der Waals surface area contributed by atoms with Crippen LogP contribution in [0.1, 0.15) is 19.5 Å². The Kier molecular flexibility index (Phi) is 3.35. The zero-order valence-corrected chi connectivity index (χ0v) is 11.4. The van der Waals surface area contributed by atoms with Gasteiger partial charge in [-0.2, -0.15) is 0 Å². The molecular formula is C12H10B3ClN2O. The normalized spacial score (nSPS) is 12.0. The number of aromatic nitrogens is 1. The van der Waals surface area contributed by atoms with Crippen molar-refractivity contribution in [3.05, 3.63) is 16.8 Å². The van der Waals surface area contributed by atoms with Gasteiger partial charge in [-0.05, 0) is 25.3 Å². The summed E-state index contributed by atoms with van der Waals surface area (Å²) < 4.78 is 0. The van der Waals surface area contributed by atoms with Crippen LogP contribution in [0.25, 0.3) is 10.9 Å². The van der Waals surface area contributed by atoms with Crippen LogP contribution >= 0.6 is 11.6 Å². The standard InChI is InChI=1S/C12H10B3ClN2O/c1-12(2,19)11-9(17)6(13)4-3-5(16)7(14)8(15)10(4)18-11/h3,19H,17H2,1-2H3. The molecule has 0 fully saturated rings. The third-order valence-corrected chi connectivity index (χ3v) is 3.28. The molecule has 3 N–H and O–H groups in total. The van der Waals surface area contributed by atoms with Crippen LogP contribution in [0.4, 0.5) is 5.69 Å². The van der Waals surface area contributed by atoms with Gasteiger partial charge < -0.3 is 10.8 Å². The zero-order chi connectivity index (χ0) is 14.5. The highest BCUT2D eigenvalue weighted by molar-refractivity contribution is 6.58. The number of nitrogens with zero attached hydrogens (tertiary/aromatic N) is 1. The van der Waals surface area contributed by atoms with E-state index >= 15 is 0 Å². The Morgan fingerprint density at radius 2 is 1.79 bits per heavy atom. The molecule has 0 atom stereocenters. The third-order valence-electron chi connectivity index (χ3n) is 2.97. The molecule has 0 aliphatic carbocycles. The van der Waals surface area contributed by atoms with E-state index in [-0.39, 0.29) is 32.8 Å². The van der Waals surface area contributed by atoms with E-state index in [1.807, 2.05) is 0 Å². The number of benzene rings is 1. The summed E-state index contributed by atoms with van der Waals surface area (Å²) in [4.78, 5) is 4.29. The number of aliphatic hydroxyl groups is 1. The fourth-order valence-corrected chi connectivity index (χ4v) is 2.12. The first kappa shape index (κ1) is 14.3. The minimum Gasteiger partial charge on any atom is -0.398 e. The number of pyridine rings is 1. The summed E-state index contributed by atoms with van der Waals surface area (Å²) in [5.74, 6) is 0. The monoisotopic (exact) mass is 266 g/mol. The van der Waals surface area contributed by atoms with Gasteiger partial charge in [-0.15, -0.1) is 0 Å². The number of anilines is 1. The van der Waals surface area contributed by atoms with Crippen LogP contribution < -0.4 is 22.1 Å². The molecule has 3 nitrogen and oxygen atoms in total. The molecule has 0 saturated heterocycles. The number of hydrogen-bond acceptors (Lipinski definition) is 3. The van der Waals surface area contributed by atoms with Gasteiger partial charge in [-0.25, -0.2) is 4.98 Å². The van der Waals surface area contributed by atoms with E-state index in [4.69, 9.17) is 40.9 Å². The van der Waals surface area contributed by atoms with E-state index in [0.29, 0.717) is 10.9 Å². The minimum absolute atomic E-state index is 0.209. The topological polar surface area (TPSA) is 59.1 Å². The van der Waals surface area contributed by atoms with Gasteiger partial charge in [0.2, 0.25) is 0 Å². The van der Waals surface area contributed by atoms with Crippen molar-refractivity contribution >= 4 is 68.1 Å². The number of rotatable bonds is 1. The third kappa shape index (κ3) is 2.23. The van der Waals surface area contributed by atoms with Crippen molar-refractivity contribution in [3.63, 3.8) is 0 Å². The molecule has 0 unspecified atom stereocenters. The minimum atomic E-state index is -1.24. The van der Waals surface area contributed by atoms with Crippen LogP contribution in [0.5, 0.6) is 0 Å². The lowest BCUT2D eigenvalue weighted by molar-refractivity contribution is 0.0751. The van der Waals surface area contributed by atoms with Crippen molar-refractivity contribution in [3.8, 4) is 0 Å². The lowest BCUT2D eigenvalue weighted by Crippen LogP contribution is -2.32. The van der Waals surface area contributed by atoms with Crippen LogP contribution in [0.15, 0.2) is 6.07 Å². The van der Waals surface area contributed by atoms with Gasteiger partial charge in [0.1, 0.15) is 29.1 Å². The fourth-order valence-electron chi connectivity index (χ4n) is 1.91. The molecule has 7 heteroatoms. The molecule has 2 aromatic rings. The molecule has 0 spiro atoms. The predicted molar refractivity (Wildman–Crippen MR) is 82.6 cm³/mol. The first-order valence-electron chi connectivity index (χ1n) is 5.59. The van der Waals surface area contributed by atoms with Crippen molar-refractivity contribution in [1.29, 1.82) is 0 Å². The predicted octanol–water partition coefficient (Wildman–Crippen LogP) is -0.921. The molecule has 0 bridgehead atoms. The Morgan fingerprint density at radius 3 is 2.32 bits per heavy atom. The van der Waals surface area contributed by atoms with Crippen molar-refractivity contribution in [2.24, 2.45) is 0 Å². The maximum atomic E-state index is 10.1. The Morgan fingerprint density at radius 1 is 1.21 bits per heavy atom. The number of fused-ring (bicyclic) bond motifs is 1. The van der Waals surface area contributed by atoms with Crippen LogP contribution in [-0.4, -0.2) is 33.6 Å². The van der Waals surface area contributed by atoms with Crippen LogP contribution in [0, 0.1) is 0 Å². The van der Waals surface area contributed by atoms with Crippen molar-refractivity contribution < 1.29 is 5.11 Å². The number of hydrogen-bond donors (Lipinski definition) is 2. The second kappa shape index (κ2) is 4.46. The molecule has 1 aromatic carbocycles. The summed E-state index contributed by atoms with van der Waals surface area (Å²) in [6.45, 7) is 3.12. The second-order valence-corrected chi connectivity index (χ2v) is 5.34. The van der Waals surface area contributed by atoms with Gasteiger partial charge in [0.05, 0.1) is 11.2 Å². The van der Waals surface area contributed by atoms with Gasteiger partial charge in [0.25, 0.3) is 0 Å². The smallest absolute Gasteiger partial charge is 0.117 e. The zero-order valence-electron chi connectivity index (χ0n) is 10.7. The number of halogens is 1. The summed E-state index contributed by atoms with van der Waals surface area (Å²) in [6, 6.07) is 1.56. The lowest BCUT2D eigenvalue weighted by atomic mass is 9.76. The summed E-state index contributed by atoms with van der Waals surface area (Å²) in [5.41, 5.74) is 6.24. The van der Waals surface area contributed by atoms with E-state index < -0.39 is 5.60 Å². The molecule has 1 heterocycles. The number of nitrogen functional groups attached to an aromatic ring is 1. The summed E-state index contributed by atoms with van der Waals surface area (Å²) >= 11 is 5.97. The van der Waals surface area contributed by atoms with E-state index in [9.17, 15) is 5.11 Å². The second-order valence-electron chi connectivity index (χ2n) is 4.93. The van der Waals surface area contributed by atoms with Crippen LogP contribution in [-0.2, 0) is 5.60 Å². The molecule has 0 aliphatic rings. The highest BCUT2D eigenvalue weighted by Crippen LogP contribution is 2.25. The van der Waals surface area contributed by atoms with E-state index in [2.05, 4.69) is 4.98 Å². The first-order valence-corrected chi connectivity index (χ1v) is 5.97. The van der Waals surface area contributed by atoms with E-state index in [1.54, 1.807) is 19.9 Å². The Bertz CT molecular complexity index is 683. The highest BCUT2D eigenvalue weighted by atomic mass is 35.5. The highest BCUT2D eigenvalue weighted by Gasteiger charge is 2.24. The van der Waals surface area contributed by atoms with E-state index in [0.717, 1.165) is 0 Å². The molecule has 6 radical (unpaired) electrons. The summed E-state index contributed by atoms with van der Waals surface area (Å²) in [7, 11) is 17.6.